The van der Waals surface area contributed by atoms with Crippen molar-refractivity contribution >= 4 is 29.4 Å². The second-order valence-electron chi connectivity index (χ2n) is 11.6. The van der Waals surface area contributed by atoms with Gasteiger partial charge in [-0.15, -0.1) is 0 Å². The lowest BCUT2D eigenvalue weighted by molar-refractivity contribution is -0.123. The van der Waals surface area contributed by atoms with Crippen molar-refractivity contribution in [2.24, 2.45) is 0 Å². The minimum Gasteiger partial charge on any atom is -0.457 e. The van der Waals surface area contributed by atoms with Gasteiger partial charge in [-0.05, 0) is 82.1 Å². The topological polar surface area (TPSA) is 198 Å². The number of nitrogens with one attached hydrogen (secondary N) is 6. The quantitative estimate of drug-likeness (QED) is 0.0799. The molecule has 0 spiro atoms. The van der Waals surface area contributed by atoms with E-state index in [4.69, 9.17) is 35.4 Å². The average Bonchev–Trinajstić information content (AvgIpc) is 3.00. The molecule has 1 saturated carbocycles. The molecule has 0 aromatic heterocycles. The number of hydrogen-bond acceptors (Lipinski definition) is 9. The minimum absolute atomic E-state index is 0.172. The molecular weight excluding hydrogens is 580 g/mol. The Bertz CT molecular complexity index is 1450. The summed E-state index contributed by atoms with van der Waals surface area (Å²) in [5, 5.41) is 39.2. The summed E-state index contributed by atoms with van der Waals surface area (Å²) in [6.07, 6.45) is 2.71. The predicted molar refractivity (Wildman–Crippen MR) is 167 cm³/mol. The molecule has 3 aromatic rings. The van der Waals surface area contributed by atoms with Gasteiger partial charge in [0.05, 0.1) is 0 Å². The van der Waals surface area contributed by atoms with Gasteiger partial charge in [-0.3, -0.25) is 37.0 Å². The Morgan fingerprint density at radius 3 is 1.62 bits per heavy atom. The lowest BCUT2D eigenvalue weighted by Gasteiger charge is -2.37. The van der Waals surface area contributed by atoms with Crippen LogP contribution in [0, 0.1) is 10.8 Å². The van der Waals surface area contributed by atoms with Crippen LogP contribution in [0.3, 0.4) is 0 Å². The summed E-state index contributed by atoms with van der Waals surface area (Å²) in [6, 6.07) is 17.7. The molecule has 1 fully saturated rings. The number of carbonyl (C=O) groups excluding carboxylic acids is 2. The van der Waals surface area contributed by atoms with E-state index in [-0.39, 0.29) is 11.7 Å². The fraction of sp³-hybridized carbons (Fsp3) is 0.312. The summed E-state index contributed by atoms with van der Waals surface area (Å²) in [7, 11) is 0. The zero-order valence-electron chi connectivity index (χ0n) is 25.3. The van der Waals surface area contributed by atoms with Crippen molar-refractivity contribution in [2.45, 2.75) is 64.0 Å². The van der Waals surface area contributed by atoms with Crippen LogP contribution in [0.15, 0.2) is 66.7 Å². The summed E-state index contributed by atoms with van der Waals surface area (Å²) in [5.74, 6) is 0.763. The van der Waals surface area contributed by atoms with Crippen molar-refractivity contribution in [3.63, 3.8) is 0 Å². The van der Waals surface area contributed by atoms with Crippen LogP contribution in [0.4, 0.5) is 10.5 Å². The van der Waals surface area contributed by atoms with Crippen molar-refractivity contribution in [1.29, 1.82) is 10.8 Å². The summed E-state index contributed by atoms with van der Waals surface area (Å²) in [6.45, 7) is 5.28. The van der Waals surface area contributed by atoms with Crippen LogP contribution in [-0.4, -0.2) is 45.2 Å². The first-order valence-electron chi connectivity index (χ1n) is 14.4. The number of carbonyl (C=O) groups is 2. The molecule has 0 bridgehead atoms. The maximum absolute atomic E-state index is 13.8. The molecular formula is C32H38N6O7. The van der Waals surface area contributed by atoms with Crippen LogP contribution in [0.2, 0.25) is 0 Å². The number of alkyl carbamates (subject to hydrolysis) is 1. The van der Waals surface area contributed by atoms with Crippen molar-refractivity contribution in [2.75, 3.05) is 5.32 Å². The molecule has 1 aliphatic rings. The first kappa shape index (κ1) is 32.8. The molecule has 3 aromatic carbocycles. The minimum atomic E-state index is -1.17. The fourth-order valence-electron chi connectivity index (χ4n) is 4.86. The number of hydroxylamine groups is 2. The smallest absolute Gasteiger partial charge is 0.408 e. The first-order valence-corrected chi connectivity index (χ1v) is 14.4. The summed E-state index contributed by atoms with van der Waals surface area (Å²) < 4.78 is 17.6. The Balaban J connectivity index is 1.63. The average molecular weight is 619 g/mol. The van der Waals surface area contributed by atoms with Crippen LogP contribution >= 0.6 is 0 Å². The van der Waals surface area contributed by atoms with E-state index in [1.54, 1.807) is 98.5 Å². The third-order valence-electron chi connectivity index (χ3n) is 7.00. The Labute approximate surface area is 260 Å². The Morgan fingerprint density at radius 2 is 1.20 bits per heavy atom. The molecule has 0 unspecified atom stereocenters. The Morgan fingerprint density at radius 1 is 0.733 bits per heavy atom. The van der Waals surface area contributed by atoms with Crippen molar-refractivity contribution in [3.05, 3.63) is 77.9 Å². The van der Waals surface area contributed by atoms with Crippen LogP contribution in [0.1, 0.15) is 64.0 Å². The molecule has 45 heavy (non-hydrogen) atoms. The lowest BCUT2D eigenvalue weighted by Crippen LogP contribution is -2.58. The van der Waals surface area contributed by atoms with Gasteiger partial charge in [0.25, 0.3) is 0 Å². The van der Waals surface area contributed by atoms with Gasteiger partial charge in [-0.1, -0.05) is 19.3 Å². The molecule has 0 aliphatic heterocycles. The number of hydrogen-bond donors (Lipinski definition) is 8. The van der Waals surface area contributed by atoms with Gasteiger partial charge < -0.3 is 24.8 Å². The number of benzene rings is 3. The largest absolute Gasteiger partial charge is 0.457 e. The molecule has 4 rings (SSSR count). The van der Waals surface area contributed by atoms with Gasteiger partial charge in [0.2, 0.25) is 5.91 Å². The SMILES string of the molecule is CC(C)(C)OC(=O)NC1(C(=O)Nc2cc(Oc3ccc(C(=N)NO)cc3)cc(Oc3ccc(C(=N)NO)cc3)c2)CCCCC1. The monoisotopic (exact) mass is 618 g/mol. The van der Waals surface area contributed by atoms with Crippen LogP contribution in [-0.2, 0) is 9.53 Å². The highest BCUT2D eigenvalue weighted by molar-refractivity contribution is 6.00. The van der Waals surface area contributed by atoms with E-state index in [1.807, 2.05) is 0 Å². The molecule has 13 nitrogen and oxygen atoms in total. The molecule has 8 N–H and O–H groups in total. The van der Waals surface area contributed by atoms with Crippen molar-refractivity contribution in [3.8, 4) is 23.0 Å². The summed E-state index contributed by atoms with van der Waals surface area (Å²) in [4.78, 5) is 26.6. The molecule has 238 valence electrons. The second-order valence-corrected chi connectivity index (χ2v) is 11.6. The molecule has 2 amide bonds. The standard InChI is InChI=1S/C32H38N6O7/c1-31(2,3)45-30(40)36-32(15-5-4-6-16-32)29(39)35-22-17-25(43-23-11-7-20(8-12-23)27(33)37-41)19-26(18-22)44-24-13-9-21(10-14-24)28(34)38-42/h7-14,17-19,41-42H,4-6,15-16H2,1-3H3,(H2,33,37)(H2,34,38)(H,35,39)(H,36,40). The van der Waals surface area contributed by atoms with Crippen LogP contribution in [0.25, 0.3) is 0 Å². The zero-order chi connectivity index (χ0) is 32.6. The molecule has 13 heteroatoms. The van der Waals surface area contributed by atoms with E-state index in [2.05, 4.69) is 10.6 Å². The molecule has 0 heterocycles. The molecule has 0 saturated heterocycles. The Kier molecular flexibility index (Phi) is 10.3. The van der Waals surface area contributed by atoms with Crippen LogP contribution in [0.5, 0.6) is 23.0 Å². The third-order valence-corrected chi connectivity index (χ3v) is 7.00. The highest BCUT2D eigenvalue weighted by Gasteiger charge is 2.42. The predicted octanol–water partition coefficient (Wildman–Crippen LogP) is 6.05. The highest BCUT2D eigenvalue weighted by atomic mass is 16.6. The summed E-state index contributed by atoms with van der Waals surface area (Å²) in [5.41, 5.74) is 2.94. The maximum Gasteiger partial charge on any atom is 0.408 e. The van der Waals surface area contributed by atoms with E-state index in [1.165, 1.54) is 0 Å². The normalized spacial score (nSPS) is 14.0. The third kappa shape index (κ3) is 8.94. The van der Waals surface area contributed by atoms with Gasteiger partial charge in [-0.25, -0.2) is 4.79 Å². The maximum atomic E-state index is 13.8. The number of amidine groups is 2. The van der Waals surface area contributed by atoms with Gasteiger partial charge in [0.15, 0.2) is 0 Å². The van der Waals surface area contributed by atoms with E-state index in [9.17, 15) is 9.59 Å². The van der Waals surface area contributed by atoms with E-state index in [0.29, 0.717) is 52.7 Å². The highest BCUT2D eigenvalue weighted by Crippen LogP contribution is 2.35. The van der Waals surface area contributed by atoms with E-state index < -0.39 is 23.1 Å². The van der Waals surface area contributed by atoms with E-state index in [0.717, 1.165) is 19.3 Å². The molecule has 0 radical (unpaired) electrons. The van der Waals surface area contributed by atoms with Gasteiger partial charge in [0.1, 0.15) is 45.8 Å². The van der Waals surface area contributed by atoms with Crippen molar-refractivity contribution in [1.82, 2.24) is 16.3 Å². The number of rotatable bonds is 9. The van der Waals surface area contributed by atoms with Gasteiger partial charge in [-0.2, -0.15) is 0 Å². The van der Waals surface area contributed by atoms with Gasteiger partial charge in [0, 0.05) is 35.0 Å². The summed E-state index contributed by atoms with van der Waals surface area (Å²) >= 11 is 0. The first-order chi connectivity index (χ1) is 21.4. The number of ether oxygens (including phenoxy) is 3. The Hall–Kier alpha value is -5.14. The van der Waals surface area contributed by atoms with Crippen molar-refractivity contribution < 1.29 is 34.2 Å². The molecule has 1 aliphatic carbocycles. The number of anilines is 1. The fourth-order valence-corrected chi connectivity index (χ4v) is 4.86. The van der Waals surface area contributed by atoms with Crippen LogP contribution < -0.4 is 31.1 Å². The molecule has 0 atom stereocenters. The second kappa shape index (κ2) is 14.1. The lowest BCUT2D eigenvalue weighted by atomic mass is 9.81. The number of amides is 2. The van der Waals surface area contributed by atoms with Gasteiger partial charge >= 0.3 is 6.09 Å². The zero-order valence-corrected chi connectivity index (χ0v) is 25.3. The van der Waals surface area contributed by atoms with E-state index >= 15 is 0 Å².